The van der Waals surface area contributed by atoms with Crippen LogP contribution in [0.3, 0.4) is 0 Å². The van der Waals surface area contributed by atoms with Crippen molar-refractivity contribution in [2.75, 3.05) is 13.2 Å². The lowest BCUT2D eigenvalue weighted by Crippen LogP contribution is -2.24. The molecular weight excluding hydrogens is 206 g/mol. The number of Topliss-reactive ketones (excluding diaryl/α,β-unsaturated/α-hetero) is 1. The van der Waals surface area contributed by atoms with Crippen LogP contribution in [0.2, 0.25) is 0 Å². The lowest BCUT2D eigenvalue weighted by Gasteiger charge is -2.04. The minimum absolute atomic E-state index is 0.0211. The molecule has 0 spiro atoms. The van der Waals surface area contributed by atoms with E-state index in [1.165, 1.54) is 6.92 Å². The van der Waals surface area contributed by atoms with Gasteiger partial charge < -0.3 is 10.4 Å². The molecule has 0 aliphatic heterocycles. The van der Waals surface area contributed by atoms with Gasteiger partial charge in [0.1, 0.15) is 0 Å². The molecule has 0 radical (unpaired) electrons. The molecule has 1 aromatic carbocycles. The summed E-state index contributed by atoms with van der Waals surface area (Å²) < 4.78 is 0. The quantitative estimate of drug-likeness (QED) is 0.576. The average Bonchev–Trinajstić information content (AvgIpc) is 2.29. The van der Waals surface area contributed by atoms with Crippen LogP contribution in [0.4, 0.5) is 0 Å². The third-order valence-electron chi connectivity index (χ3n) is 2.17. The number of amides is 1. The van der Waals surface area contributed by atoms with Gasteiger partial charge in [0.25, 0.3) is 5.91 Å². The monoisotopic (exact) mass is 221 g/mol. The van der Waals surface area contributed by atoms with E-state index in [2.05, 4.69) is 5.32 Å². The highest BCUT2D eigenvalue weighted by atomic mass is 16.3. The van der Waals surface area contributed by atoms with Crippen molar-refractivity contribution >= 4 is 11.7 Å². The van der Waals surface area contributed by atoms with E-state index < -0.39 is 0 Å². The highest BCUT2D eigenvalue weighted by molar-refractivity contribution is 5.97. The van der Waals surface area contributed by atoms with Crippen LogP contribution in [0.1, 0.15) is 34.1 Å². The number of hydrogen-bond acceptors (Lipinski definition) is 3. The summed E-state index contributed by atoms with van der Waals surface area (Å²) in [4.78, 5) is 22.5. The minimum Gasteiger partial charge on any atom is -0.396 e. The smallest absolute Gasteiger partial charge is 0.251 e. The normalized spacial score (nSPS) is 9.88. The van der Waals surface area contributed by atoms with Crippen LogP contribution in [0.5, 0.6) is 0 Å². The lowest BCUT2D eigenvalue weighted by atomic mass is 10.1. The molecule has 0 saturated carbocycles. The highest BCUT2D eigenvalue weighted by Crippen LogP contribution is 2.04. The van der Waals surface area contributed by atoms with Crippen LogP contribution in [0.15, 0.2) is 24.3 Å². The third kappa shape index (κ3) is 3.47. The fraction of sp³-hybridized carbons (Fsp3) is 0.333. The van der Waals surface area contributed by atoms with E-state index in [4.69, 9.17) is 5.11 Å². The maximum absolute atomic E-state index is 11.5. The summed E-state index contributed by atoms with van der Waals surface area (Å²) in [6.45, 7) is 1.99. The van der Waals surface area contributed by atoms with Gasteiger partial charge in [-0.1, -0.05) is 12.1 Å². The molecule has 0 unspecified atom stereocenters. The first-order chi connectivity index (χ1) is 7.65. The van der Waals surface area contributed by atoms with Crippen molar-refractivity contribution in [3.05, 3.63) is 35.4 Å². The summed E-state index contributed by atoms with van der Waals surface area (Å²) in [6, 6.07) is 6.49. The zero-order valence-corrected chi connectivity index (χ0v) is 9.19. The van der Waals surface area contributed by atoms with Crippen molar-refractivity contribution in [2.24, 2.45) is 0 Å². The van der Waals surface area contributed by atoms with E-state index in [-0.39, 0.29) is 18.3 Å². The van der Waals surface area contributed by atoms with Crippen molar-refractivity contribution in [3.63, 3.8) is 0 Å². The first-order valence-electron chi connectivity index (χ1n) is 5.15. The van der Waals surface area contributed by atoms with Crippen molar-refractivity contribution in [1.82, 2.24) is 5.32 Å². The largest absolute Gasteiger partial charge is 0.396 e. The number of rotatable bonds is 5. The van der Waals surface area contributed by atoms with Crippen molar-refractivity contribution in [2.45, 2.75) is 13.3 Å². The van der Waals surface area contributed by atoms with Crippen LogP contribution in [0.25, 0.3) is 0 Å². The molecule has 0 aliphatic rings. The summed E-state index contributed by atoms with van der Waals surface area (Å²) in [6.07, 6.45) is 0.539. The average molecular weight is 221 g/mol. The highest BCUT2D eigenvalue weighted by Gasteiger charge is 2.05. The van der Waals surface area contributed by atoms with Crippen molar-refractivity contribution in [3.8, 4) is 0 Å². The molecule has 1 amide bonds. The molecule has 4 heteroatoms. The summed E-state index contributed by atoms with van der Waals surface area (Å²) in [5, 5.41) is 11.2. The van der Waals surface area contributed by atoms with E-state index in [1.807, 2.05) is 0 Å². The van der Waals surface area contributed by atoms with Gasteiger partial charge in [0.2, 0.25) is 0 Å². The number of carbonyl (C=O) groups is 2. The lowest BCUT2D eigenvalue weighted by molar-refractivity contribution is 0.0949. The maximum Gasteiger partial charge on any atom is 0.251 e. The Bertz CT molecular complexity index is 370. The molecule has 1 rings (SSSR count). The summed E-state index contributed by atoms with van der Waals surface area (Å²) in [5.41, 5.74) is 1.11. The van der Waals surface area contributed by atoms with E-state index in [0.29, 0.717) is 24.1 Å². The van der Waals surface area contributed by atoms with Gasteiger partial charge in [0.05, 0.1) is 0 Å². The second-order valence-electron chi connectivity index (χ2n) is 3.47. The molecule has 0 aromatic heterocycles. The van der Waals surface area contributed by atoms with Crippen LogP contribution in [0, 0.1) is 0 Å². The van der Waals surface area contributed by atoms with E-state index >= 15 is 0 Å². The van der Waals surface area contributed by atoms with Gasteiger partial charge in [-0.2, -0.15) is 0 Å². The van der Waals surface area contributed by atoms with Crippen LogP contribution in [-0.2, 0) is 0 Å². The molecule has 0 heterocycles. The molecule has 0 saturated heterocycles. The molecule has 0 atom stereocenters. The molecule has 0 bridgehead atoms. The Labute approximate surface area is 94.3 Å². The fourth-order valence-electron chi connectivity index (χ4n) is 1.24. The number of nitrogens with one attached hydrogen (secondary N) is 1. The second kappa shape index (κ2) is 6.02. The molecule has 0 fully saturated rings. The van der Waals surface area contributed by atoms with E-state index in [1.54, 1.807) is 24.3 Å². The van der Waals surface area contributed by atoms with Crippen LogP contribution < -0.4 is 5.32 Å². The van der Waals surface area contributed by atoms with Gasteiger partial charge in [0.15, 0.2) is 5.78 Å². The summed E-state index contributed by atoms with van der Waals surface area (Å²) >= 11 is 0. The number of aliphatic hydroxyl groups excluding tert-OH is 1. The number of ketones is 1. The van der Waals surface area contributed by atoms with Gasteiger partial charge >= 0.3 is 0 Å². The Hall–Kier alpha value is -1.68. The number of hydrogen-bond donors (Lipinski definition) is 2. The number of benzene rings is 1. The predicted octanol–water partition coefficient (Wildman–Crippen LogP) is 1.00. The zero-order chi connectivity index (χ0) is 12.0. The Kier molecular flexibility index (Phi) is 4.66. The Morgan fingerprint density at radius 3 is 2.25 bits per heavy atom. The standard InChI is InChI=1S/C12H15NO3/c1-9(15)10-3-5-11(6-4-10)12(16)13-7-2-8-14/h3-6,14H,2,7-8H2,1H3,(H,13,16). The molecular formula is C12H15NO3. The van der Waals surface area contributed by atoms with Gasteiger partial charge in [-0.25, -0.2) is 0 Å². The first-order valence-corrected chi connectivity index (χ1v) is 5.15. The van der Waals surface area contributed by atoms with Gasteiger partial charge in [-0.05, 0) is 25.5 Å². The predicted molar refractivity (Wildman–Crippen MR) is 60.5 cm³/mol. The SMILES string of the molecule is CC(=O)c1ccc(C(=O)NCCCO)cc1. The fourth-order valence-corrected chi connectivity index (χ4v) is 1.24. The van der Waals surface area contributed by atoms with E-state index in [0.717, 1.165) is 0 Å². The molecule has 86 valence electrons. The molecule has 16 heavy (non-hydrogen) atoms. The second-order valence-corrected chi connectivity index (χ2v) is 3.47. The van der Waals surface area contributed by atoms with Gasteiger partial charge in [0, 0.05) is 24.3 Å². The topological polar surface area (TPSA) is 66.4 Å². The minimum atomic E-state index is -0.191. The molecule has 2 N–H and O–H groups in total. The van der Waals surface area contributed by atoms with Crippen LogP contribution >= 0.6 is 0 Å². The van der Waals surface area contributed by atoms with Gasteiger partial charge in [-0.15, -0.1) is 0 Å². The number of aliphatic hydroxyl groups is 1. The van der Waals surface area contributed by atoms with E-state index in [9.17, 15) is 9.59 Å². The Morgan fingerprint density at radius 2 is 1.75 bits per heavy atom. The Balaban J connectivity index is 2.59. The Morgan fingerprint density at radius 1 is 1.19 bits per heavy atom. The van der Waals surface area contributed by atoms with Crippen molar-refractivity contribution in [1.29, 1.82) is 0 Å². The number of carbonyl (C=O) groups excluding carboxylic acids is 2. The van der Waals surface area contributed by atoms with Crippen LogP contribution in [-0.4, -0.2) is 29.9 Å². The molecule has 1 aromatic rings. The summed E-state index contributed by atoms with van der Waals surface area (Å²) in [5.74, 6) is -0.212. The summed E-state index contributed by atoms with van der Waals surface area (Å²) in [7, 11) is 0. The molecule has 0 aliphatic carbocycles. The zero-order valence-electron chi connectivity index (χ0n) is 9.19. The molecule has 4 nitrogen and oxygen atoms in total. The third-order valence-corrected chi connectivity index (χ3v) is 2.17. The van der Waals surface area contributed by atoms with Crippen molar-refractivity contribution < 1.29 is 14.7 Å². The maximum atomic E-state index is 11.5. The first kappa shape index (κ1) is 12.4. The van der Waals surface area contributed by atoms with Gasteiger partial charge in [-0.3, -0.25) is 9.59 Å².